The normalized spacial score (nSPS) is 13.3. The van der Waals surface area contributed by atoms with E-state index in [1.165, 1.54) is 98.2 Å². The summed E-state index contributed by atoms with van der Waals surface area (Å²) < 4.78 is 8.57. The van der Waals surface area contributed by atoms with Gasteiger partial charge in [-0.05, 0) is 142 Å². The third-order valence-corrected chi connectivity index (χ3v) is 14.4. The molecule has 13 rings (SSSR count). The van der Waals surface area contributed by atoms with Crippen molar-refractivity contribution in [2.75, 3.05) is 4.90 Å². The van der Waals surface area contributed by atoms with Gasteiger partial charge >= 0.3 is 0 Å². The molecule has 0 spiro atoms. The van der Waals surface area contributed by atoms with Crippen LogP contribution < -0.4 is 4.90 Å². The van der Waals surface area contributed by atoms with E-state index in [2.05, 4.69) is 222 Å². The van der Waals surface area contributed by atoms with Crippen molar-refractivity contribution in [1.82, 2.24) is 4.57 Å². The zero-order chi connectivity index (χ0) is 44.3. The molecule has 0 bridgehead atoms. The molecule has 2 heterocycles. The Morgan fingerprint density at radius 1 is 0.403 bits per heavy atom. The highest BCUT2D eigenvalue weighted by Crippen LogP contribution is 2.47. The Hall–Kier alpha value is -8.14. The Morgan fingerprint density at radius 3 is 1.76 bits per heavy atom. The predicted molar refractivity (Wildman–Crippen MR) is 282 cm³/mol. The molecular formula is C64H48N2O. The first-order chi connectivity index (χ1) is 33.2. The van der Waals surface area contributed by atoms with Crippen LogP contribution in [0, 0.1) is 0 Å². The van der Waals surface area contributed by atoms with Crippen LogP contribution in [0.2, 0.25) is 0 Å². The zero-order valence-corrected chi connectivity index (χ0v) is 37.3. The predicted octanol–water partition coefficient (Wildman–Crippen LogP) is 18.4. The number of fused-ring (bicyclic) bond motifs is 7. The van der Waals surface area contributed by atoms with Crippen LogP contribution in [0.4, 0.5) is 17.1 Å². The maximum Gasteiger partial charge on any atom is 0.135 e. The van der Waals surface area contributed by atoms with Gasteiger partial charge in [-0.1, -0.05) is 165 Å². The van der Waals surface area contributed by atoms with E-state index in [1.54, 1.807) is 0 Å². The number of hydrogen-bond donors (Lipinski definition) is 0. The fourth-order valence-corrected chi connectivity index (χ4v) is 11.2. The summed E-state index contributed by atoms with van der Waals surface area (Å²) in [7, 11) is 0. The Labute approximate surface area is 390 Å². The van der Waals surface area contributed by atoms with Crippen LogP contribution in [0.1, 0.15) is 43.6 Å². The quantitative estimate of drug-likeness (QED) is 0.152. The minimum Gasteiger partial charge on any atom is -0.456 e. The first kappa shape index (κ1) is 39.2. The molecule has 0 saturated heterocycles. The van der Waals surface area contributed by atoms with Crippen molar-refractivity contribution in [3.63, 3.8) is 0 Å². The number of aromatic nitrogens is 1. The van der Waals surface area contributed by atoms with Crippen LogP contribution in [-0.4, -0.2) is 4.57 Å². The molecule has 1 saturated carbocycles. The molecule has 10 aromatic carbocycles. The van der Waals surface area contributed by atoms with Gasteiger partial charge in [-0.25, -0.2) is 0 Å². The lowest BCUT2D eigenvalue weighted by Gasteiger charge is -2.29. The Balaban J connectivity index is 0.941. The second-order valence-electron chi connectivity index (χ2n) is 18.3. The van der Waals surface area contributed by atoms with Crippen molar-refractivity contribution in [2.24, 2.45) is 0 Å². The van der Waals surface area contributed by atoms with E-state index in [1.807, 2.05) is 12.1 Å². The highest BCUT2D eigenvalue weighted by Gasteiger charge is 2.23. The fourth-order valence-electron chi connectivity index (χ4n) is 11.2. The summed E-state index contributed by atoms with van der Waals surface area (Å²) >= 11 is 0. The minimum absolute atomic E-state index is 0.579. The van der Waals surface area contributed by atoms with Gasteiger partial charge in [0.15, 0.2) is 0 Å². The van der Waals surface area contributed by atoms with Crippen LogP contribution in [0.15, 0.2) is 229 Å². The molecule has 0 N–H and O–H groups in total. The van der Waals surface area contributed by atoms with Crippen molar-refractivity contribution in [3.8, 4) is 39.1 Å². The van der Waals surface area contributed by atoms with E-state index in [0.29, 0.717) is 5.92 Å². The molecule has 1 aliphatic rings. The molecule has 0 unspecified atom stereocenters. The SMILES string of the molecule is c1ccc(-n2c3ccccc3c3cc(-c4ccc(N(c5ccc(-c6ccc7oc8ccccc8c7c6)cc5)c5ccccc5-c5cccc6cccc(C7CCCCC7)c56)cc4)ccc32)cc1. The molecule has 3 nitrogen and oxygen atoms in total. The Morgan fingerprint density at radius 2 is 0.985 bits per heavy atom. The highest BCUT2D eigenvalue weighted by atomic mass is 16.3. The van der Waals surface area contributed by atoms with Crippen LogP contribution >= 0.6 is 0 Å². The van der Waals surface area contributed by atoms with Crippen LogP contribution in [0.5, 0.6) is 0 Å². The van der Waals surface area contributed by atoms with Gasteiger partial charge in [0, 0.05) is 44.2 Å². The molecule has 12 aromatic rings. The third-order valence-electron chi connectivity index (χ3n) is 14.4. The van der Waals surface area contributed by atoms with E-state index >= 15 is 0 Å². The minimum atomic E-state index is 0.579. The van der Waals surface area contributed by atoms with Gasteiger partial charge in [-0.15, -0.1) is 0 Å². The molecule has 0 amide bonds. The maximum absolute atomic E-state index is 6.19. The summed E-state index contributed by atoms with van der Waals surface area (Å²) in [5, 5.41) is 7.48. The first-order valence-corrected chi connectivity index (χ1v) is 23.9. The summed E-state index contributed by atoms with van der Waals surface area (Å²) in [4.78, 5) is 2.45. The molecule has 3 heteroatoms. The number of hydrogen-bond acceptors (Lipinski definition) is 2. The fraction of sp³-hybridized carbons (Fsp3) is 0.0938. The highest BCUT2D eigenvalue weighted by molar-refractivity contribution is 6.11. The van der Waals surface area contributed by atoms with E-state index in [4.69, 9.17) is 4.42 Å². The van der Waals surface area contributed by atoms with Gasteiger partial charge in [-0.2, -0.15) is 0 Å². The lowest BCUT2D eigenvalue weighted by Crippen LogP contribution is -2.11. The van der Waals surface area contributed by atoms with Crippen LogP contribution in [0.3, 0.4) is 0 Å². The van der Waals surface area contributed by atoms with Gasteiger partial charge in [0.25, 0.3) is 0 Å². The van der Waals surface area contributed by atoms with Crippen molar-refractivity contribution < 1.29 is 4.42 Å². The molecule has 1 fully saturated rings. The number of benzene rings is 10. The van der Waals surface area contributed by atoms with Crippen LogP contribution in [-0.2, 0) is 0 Å². The number of furan rings is 1. The Bertz CT molecular complexity index is 3770. The van der Waals surface area contributed by atoms with Gasteiger partial charge in [0.2, 0.25) is 0 Å². The average Bonchev–Trinajstić information content (AvgIpc) is 3.95. The lowest BCUT2D eigenvalue weighted by atomic mass is 9.80. The van der Waals surface area contributed by atoms with Gasteiger partial charge in [0.05, 0.1) is 16.7 Å². The molecule has 2 aromatic heterocycles. The van der Waals surface area contributed by atoms with Crippen molar-refractivity contribution in [2.45, 2.75) is 38.0 Å². The van der Waals surface area contributed by atoms with Crippen molar-refractivity contribution in [1.29, 1.82) is 0 Å². The van der Waals surface area contributed by atoms with Gasteiger partial charge < -0.3 is 13.9 Å². The average molecular weight is 861 g/mol. The first-order valence-electron chi connectivity index (χ1n) is 23.9. The number of para-hydroxylation sites is 4. The third kappa shape index (κ3) is 6.81. The smallest absolute Gasteiger partial charge is 0.135 e. The van der Waals surface area contributed by atoms with Gasteiger partial charge in [0.1, 0.15) is 11.2 Å². The molecule has 67 heavy (non-hydrogen) atoms. The van der Waals surface area contributed by atoms with Crippen molar-refractivity contribution >= 4 is 71.6 Å². The number of rotatable bonds is 8. The summed E-state index contributed by atoms with van der Waals surface area (Å²) in [6, 6.07) is 82.3. The summed E-state index contributed by atoms with van der Waals surface area (Å²) in [6.07, 6.45) is 6.46. The molecule has 320 valence electrons. The number of anilines is 3. The summed E-state index contributed by atoms with van der Waals surface area (Å²) in [6.45, 7) is 0. The molecule has 0 atom stereocenters. The molecular weight excluding hydrogens is 813 g/mol. The number of nitrogens with zero attached hydrogens (tertiary/aromatic N) is 2. The monoisotopic (exact) mass is 860 g/mol. The van der Waals surface area contributed by atoms with E-state index in [0.717, 1.165) is 50.1 Å². The van der Waals surface area contributed by atoms with Crippen molar-refractivity contribution in [3.05, 3.63) is 230 Å². The standard InChI is InChI=1S/C64H48N2O/c1-3-15-45(16-4-1)52-24-13-17-46-18-14-25-56(64(46)52)53-21-7-10-26-59(53)65(51-37-31-44(32-38-51)48-34-40-63-58(42-48)55-23-9-12-28-62(55)67-63)50-35-29-43(30-36-50)47-33-39-61-57(41-47)54-22-8-11-27-60(54)66(61)49-19-5-2-6-20-49/h2,5-14,17-42,45H,1,3-4,15-16H2. The van der Waals surface area contributed by atoms with Crippen LogP contribution in [0.25, 0.3) is 93.6 Å². The molecule has 0 aliphatic heterocycles. The summed E-state index contributed by atoms with van der Waals surface area (Å²) in [5.41, 5.74) is 17.5. The van der Waals surface area contributed by atoms with E-state index in [-0.39, 0.29) is 0 Å². The maximum atomic E-state index is 6.19. The van der Waals surface area contributed by atoms with E-state index in [9.17, 15) is 0 Å². The zero-order valence-electron chi connectivity index (χ0n) is 37.3. The lowest BCUT2D eigenvalue weighted by molar-refractivity contribution is 0.445. The second kappa shape index (κ2) is 16.4. The second-order valence-corrected chi connectivity index (χ2v) is 18.3. The topological polar surface area (TPSA) is 21.3 Å². The molecule has 1 aliphatic carbocycles. The van der Waals surface area contributed by atoms with Gasteiger partial charge in [-0.3, -0.25) is 0 Å². The molecule has 0 radical (unpaired) electrons. The summed E-state index contributed by atoms with van der Waals surface area (Å²) in [5.74, 6) is 0.579. The van der Waals surface area contributed by atoms with E-state index < -0.39 is 0 Å². The largest absolute Gasteiger partial charge is 0.456 e. The Kier molecular flexibility index (Phi) is 9.60.